The Morgan fingerprint density at radius 1 is 1.40 bits per heavy atom. The van der Waals surface area contributed by atoms with Crippen LogP contribution in [-0.2, 0) is 4.79 Å². The predicted octanol–water partition coefficient (Wildman–Crippen LogP) is 2.18. The van der Waals surface area contributed by atoms with E-state index in [1.807, 2.05) is 12.1 Å². The maximum absolute atomic E-state index is 11.6. The number of hydrogen-bond acceptors (Lipinski definition) is 3. The highest BCUT2D eigenvalue weighted by atomic mass is 16.5. The molecule has 110 valence electrons. The smallest absolute Gasteiger partial charge is 0.240 e. The van der Waals surface area contributed by atoms with Crippen molar-refractivity contribution in [3.05, 3.63) is 29.8 Å². The van der Waals surface area contributed by atoms with Crippen molar-refractivity contribution >= 4 is 5.91 Å². The van der Waals surface area contributed by atoms with Crippen LogP contribution in [0.1, 0.15) is 45.1 Å². The summed E-state index contributed by atoms with van der Waals surface area (Å²) in [6, 6.07) is 8.38. The molecule has 0 radical (unpaired) electrons. The number of benzene rings is 1. The molecule has 20 heavy (non-hydrogen) atoms. The third-order valence-corrected chi connectivity index (χ3v) is 3.72. The van der Waals surface area contributed by atoms with E-state index in [1.54, 1.807) is 6.92 Å². The summed E-state index contributed by atoms with van der Waals surface area (Å²) in [4.78, 5) is 11.6. The number of ether oxygens (including phenoxy) is 1. The van der Waals surface area contributed by atoms with Crippen LogP contribution < -0.4 is 15.8 Å². The fourth-order valence-corrected chi connectivity index (χ4v) is 2.04. The minimum absolute atomic E-state index is 0.250. The maximum Gasteiger partial charge on any atom is 0.240 e. The van der Waals surface area contributed by atoms with E-state index < -0.39 is 5.54 Å². The van der Waals surface area contributed by atoms with Crippen molar-refractivity contribution in [1.29, 1.82) is 0 Å². The number of carbonyl (C=O) groups is 1. The van der Waals surface area contributed by atoms with Gasteiger partial charge in [0.25, 0.3) is 0 Å². The van der Waals surface area contributed by atoms with Crippen LogP contribution in [0.2, 0.25) is 0 Å². The van der Waals surface area contributed by atoms with Crippen LogP contribution in [0.3, 0.4) is 0 Å². The molecule has 3 N–H and O–H groups in total. The van der Waals surface area contributed by atoms with Gasteiger partial charge in [0.1, 0.15) is 17.9 Å². The quantitative estimate of drug-likeness (QED) is 0.802. The van der Waals surface area contributed by atoms with E-state index >= 15 is 0 Å². The van der Waals surface area contributed by atoms with Gasteiger partial charge in [-0.3, -0.25) is 10.1 Å². The van der Waals surface area contributed by atoms with Gasteiger partial charge < -0.3 is 10.5 Å². The zero-order valence-electron chi connectivity index (χ0n) is 12.5. The average Bonchev–Trinajstić information content (AvgIpc) is 3.20. The van der Waals surface area contributed by atoms with Crippen molar-refractivity contribution in [2.24, 2.45) is 5.73 Å². The first kappa shape index (κ1) is 14.9. The Hall–Kier alpha value is -1.55. The normalized spacial score (nSPS) is 17.8. The maximum atomic E-state index is 11.6. The van der Waals surface area contributed by atoms with Crippen molar-refractivity contribution in [3.63, 3.8) is 0 Å². The zero-order valence-corrected chi connectivity index (χ0v) is 12.5. The van der Waals surface area contributed by atoms with Gasteiger partial charge in [0, 0.05) is 6.04 Å². The fraction of sp³-hybridized carbons (Fsp3) is 0.562. The second-order valence-electron chi connectivity index (χ2n) is 6.13. The van der Waals surface area contributed by atoms with Crippen molar-refractivity contribution in [2.45, 2.75) is 51.1 Å². The monoisotopic (exact) mass is 276 g/mol. The number of nitrogens with one attached hydrogen (secondary N) is 1. The highest BCUT2D eigenvalue weighted by Crippen LogP contribution is 2.24. The van der Waals surface area contributed by atoms with Crippen molar-refractivity contribution < 1.29 is 9.53 Å². The number of hydrogen-bond donors (Lipinski definition) is 2. The van der Waals surface area contributed by atoms with Gasteiger partial charge in [0.15, 0.2) is 0 Å². The molecule has 1 saturated carbocycles. The molecule has 4 heteroatoms. The van der Waals surface area contributed by atoms with Crippen LogP contribution in [-0.4, -0.2) is 24.1 Å². The summed E-state index contributed by atoms with van der Waals surface area (Å²) in [6.45, 7) is 6.36. The molecule has 1 aromatic rings. The van der Waals surface area contributed by atoms with Crippen LogP contribution in [0.5, 0.6) is 5.75 Å². The van der Waals surface area contributed by atoms with Crippen molar-refractivity contribution in [3.8, 4) is 5.75 Å². The van der Waals surface area contributed by atoms with Crippen LogP contribution in [0.4, 0.5) is 0 Å². The molecule has 0 aromatic heterocycles. The number of amides is 1. The Morgan fingerprint density at radius 3 is 2.45 bits per heavy atom. The molecule has 0 heterocycles. The Labute approximate surface area is 120 Å². The molecule has 2 rings (SSSR count). The molecule has 1 fully saturated rings. The average molecular weight is 276 g/mol. The molecule has 0 saturated heterocycles. The van der Waals surface area contributed by atoms with E-state index in [1.165, 1.54) is 5.56 Å². The van der Waals surface area contributed by atoms with E-state index in [0.717, 1.165) is 18.6 Å². The standard InChI is InChI=1S/C16H24N2O2/c1-11(2)12-4-8-14(9-5-12)20-10-16(3,15(17)19)18-13-6-7-13/h4-5,8-9,11,13,18H,6-7,10H2,1-3H3,(H2,17,19). The van der Waals surface area contributed by atoms with Crippen molar-refractivity contribution in [2.75, 3.05) is 6.61 Å². The first-order valence-corrected chi connectivity index (χ1v) is 7.21. The number of carbonyl (C=O) groups excluding carboxylic acids is 1. The number of rotatable bonds is 7. The summed E-state index contributed by atoms with van der Waals surface area (Å²) >= 11 is 0. The molecule has 1 amide bonds. The molecule has 1 aromatic carbocycles. The topological polar surface area (TPSA) is 64.3 Å². The minimum Gasteiger partial charge on any atom is -0.491 e. The summed E-state index contributed by atoms with van der Waals surface area (Å²) in [5.74, 6) is 0.888. The van der Waals surface area contributed by atoms with Gasteiger partial charge in [-0.25, -0.2) is 0 Å². The summed E-state index contributed by atoms with van der Waals surface area (Å²) in [6.07, 6.45) is 2.21. The lowest BCUT2D eigenvalue weighted by molar-refractivity contribution is -0.125. The Balaban J connectivity index is 1.96. The fourth-order valence-electron chi connectivity index (χ4n) is 2.04. The lowest BCUT2D eigenvalue weighted by Gasteiger charge is -2.27. The molecule has 0 spiro atoms. The van der Waals surface area contributed by atoms with E-state index in [-0.39, 0.29) is 12.5 Å². The lowest BCUT2D eigenvalue weighted by atomic mass is 10.0. The molecule has 0 aliphatic heterocycles. The summed E-state index contributed by atoms with van der Waals surface area (Å²) in [5, 5.41) is 3.27. The van der Waals surface area contributed by atoms with Crippen LogP contribution in [0, 0.1) is 0 Å². The van der Waals surface area contributed by atoms with Crippen LogP contribution in [0.15, 0.2) is 24.3 Å². The highest BCUT2D eigenvalue weighted by Gasteiger charge is 2.37. The van der Waals surface area contributed by atoms with Gasteiger partial charge in [0.2, 0.25) is 5.91 Å². The van der Waals surface area contributed by atoms with E-state index in [0.29, 0.717) is 12.0 Å². The second-order valence-corrected chi connectivity index (χ2v) is 6.13. The SMILES string of the molecule is CC(C)c1ccc(OCC(C)(NC2CC2)C(N)=O)cc1. The molecular weight excluding hydrogens is 252 g/mol. The van der Waals surface area contributed by atoms with E-state index in [4.69, 9.17) is 10.5 Å². The van der Waals surface area contributed by atoms with Gasteiger partial charge in [0.05, 0.1) is 0 Å². The van der Waals surface area contributed by atoms with E-state index in [2.05, 4.69) is 31.3 Å². The third kappa shape index (κ3) is 3.73. The van der Waals surface area contributed by atoms with Gasteiger partial charge >= 0.3 is 0 Å². The highest BCUT2D eigenvalue weighted by molar-refractivity contribution is 5.84. The van der Waals surface area contributed by atoms with Gasteiger partial charge in [-0.15, -0.1) is 0 Å². The van der Waals surface area contributed by atoms with Crippen molar-refractivity contribution in [1.82, 2.24) is 5.32 Å². The molecule has 1 aliphatic rings. The molecular formula is C16H24N2O2. The van der Waals surface area contributed by atoms with E-state index in [9.17, 15) is 4.79 Å². The van der Waals surface area contributed by atoms with Gasteiger partial charge in [-0.1, -0.05) is 26.0 Å². The molecule has 4 nitrogen and oxygen atoms in total. The summed E-state index contributed by atoms with van der Waals surface area (Å²) in [7, 11) is 0. The molecule has 1 aliphatic carbocycles. The van der Waals surface area contributed by atoms with Crippen LogP contribution >= 0.6 is 0 Å². The summed E-state index contributed by atoms with van der Waals surface area (Å²) in [5.41, 5.74) is 5.96. The zero-order chi connectivity index (χ0) is 14.8. The lowest BCUT2D eigenvalue weighted by Crippen LogP contribution is -2.57. The Bertz CT molecular complexity index is 466. The summed E-state index contributed by atoms with van der Waals surface area (Å²) < 4.78 is 5.73. The Morgan fingerprint density at radius 2 is 2.00 bits per heavy atom. The van der Waals surface area contributed by atoms with Crippen LogP contribution in [0.25, 0.3) is 0 Å². The molecule has 1 unspecified atom stereocenters. The first-order chi connectivity index (χ1) is 9.40. The van der Waals surface area contributed by atoms with Gasteiger partial charge in [-0.05, 0) is 43.4 Å². The molecule has 1 atom stereocenters. The first-order valence-electron chi connectivity index (χ1n) is 7.21. The second kappa shape index (κ2) is 5.83. The number of primary amides is 1. The number of nitrogens with two attached hydrogens (primary N) is 1. The minimum atomic E-state index is -0.808. The van der Waals surface area contributed by atoms with Gasteiger partial charge in [-0.2, -0.15) is 0 Å². The largest absolute Gasteiger partial charge is 0.491 e. The molecule has 0 bridgehead atoms. The Kier molecular flexibility index (Phi) is 4.33. The third-order valence-electron chi connectivity index (χ3n) is 3.72. The predicted molar refractivity (Wildman–Crippen MR) is 79.8 cm³/mol.